The lowest BCUT2D eigenvalue weighted by Crippen LogP contribution is -2.33. The third-order valence-corrected chi connectivity index (χ3v) is 3.04. The highest BCUT2D eigenvalue weighted by molar-refractivity contribution is 5.68. The van der Waals surface area contributed by atoms with Crippen molar-refractivity contribution in [3.63, 3.8) is 0 Å². The van der Waals surface area contributed by atoms with Gasteiger partial charge in [0.25, 0.3) is 0 Å². The van der Waals surface area contributed by atoms with Gasteiger partial charge >= 0.3 is 6.09 Å². The van der Waals surface area contributed by atoms with Gasteiger partial charge in [0.15, 0.2) is 0 Å². The van der Waals surface area contributed by atoms with E-state index < -0.39 is 11.7 Å². The number of nitrogens with one attached hydrogen (secondary N) is 2. The number of alkyl carbamates (subject to hydrolysis) is 1. The summed E-state index contributed by atoms with van der Waals surface area (Å²) in [7, 11) is 1.64. The van der Waals surface area contributed by atoms with E-state index in [1.807, 2.05) is 51.2 Å². The topological polar surface area (TPSA) is 76.2 Å². The van der Waals surface area contributed by atoms with E-state index >= 15 is 0 Å². The molecule has 0 aliphatic carbocycles. The van der Waals surface area contributed by atoms with Crippen molar-refractivity contribution in [3.8, 4) is 17.0 Å². The van der Waals surface area contributed by atoms with Crippen molar-refractivity contribution in [3.05, 3.63) is 36.3 Å². The Kier molecular flexibility index (Phi) is 5.26. The average molecular weight is 317 g/mol. The van der Waals surface area contributed by atoms with Crippen LogP contribution in [-0.2, 0) is 11.2 Å². The molecule has 0 spiro atoms. The molecule has 1 aromatic carbocycles. The molecule has 2 N–H and O–H groups in total. The number of imidazole rings is 1. The van der Waals surface area contributed by atoms with Crippen LogP contribution in [0.2, 0.25) is 0 Å². The van der Waals surface area contributed by atoms with Gasteiger partial charge in [-0.05, 0) is 32.9 Å². The van der Waals surface area contributed by atoms with E-state index in [2.05, 4.69) is 15.3 Å². The monoisotopic (exact) mass is 317 g/mol. The maximum atomic E-state index is 11.6. The van der Waals surface area contributed by atoms with Crippen molar-refractivity contribution in [2.45, 2.75) is 32.8 Å². The molecule has 0 bridgehead atoms. The highest BCUT2D eigenvalue weighted by Crippen LogP contribution is 2.27. The average Bonchev–Trinajstić information content (AvgIpc) is 2.94. The number of ether oxygens (including phenoxy) is 2. The number of carbonyl (C=O) groups excluding carboxylic acids is 1. The third-order valence-electron chi connectivity index (χ3n) is 3.04. The lowest BCUT2D eigenvalue weighted by Gasteiger charge is -2.19. The van der Waals surface area contributed by atoms with Crippen molar-refractivity contribution < 1.29 is 14.3 Å². The minimum Gasteiger partial charge on any atom is -0.496 e. The van der Waals surface area contributed by atoms with Gasteiger partial charge in [0.1, 0.15) is 17.2 Å². The normalized spacial score (nSPS) is 11.1. The summed E-state index contributed by atoms with van der Waals surface area (Å²) in [5.74, 6) is 1.57. The Hall–Kier alpha value is -2.50. The van der Waals surface area contributed by atoms with Gasteiger partial charge in [-0.25, -0.2) is 9.78 Å². The van der Waals surface area contributed by atoms with Gasteiger partial charge < -0.3 is 19.8 Å². The molecule has 1 heterocycles. The van der Waals surface area contributed by atoms with E-state index in [0.717, 1.165) is 22.8 Å². The number of hydrogen-bond acceptors (Lipinski definition) is 4. The minimum absolute atomic E-state index is 0.422. The molecule has 1 aromatic heterocycles. The maximum Gasteiger partial charge on any atom is 0.407 e. The Morgan fingerprint density at radius 2 is 2.04 bits per heavy atom. The SMILES string of the molecule is COc1ccccc1-c1c[nH]c(CCNC(=O)OC(C)(C)C)n1. The quantitative estimate of drug-likeness (QED) is 0.888. The number of aromatic amines is 1. The van der Waals surface area contributed by atoms with Crippen LogP contribution in [-0.4, -0.2) is 35.3 Å². The molecule has 23 heavy (non-hydrogen) atoms. The smallest absolute Gasteiger partial charge is 0.407 e. The molecule has 124 valence electrons. The number of H-pyrrole nitrogens is 1. The zero-order valence-electron chi connectivity index (χ0n) is 14.0. The molecule has 0 radical (unpaired) electrons. The van der Waals surface area contributed by atoms with Gasteiger partial charge in [-0.1, -0.05) is 12.1 Å². The largest absolute Gasteiger partial charge is 0.496 e. The second-order valence-corrected chi connectivity index (χ2v) is 6.11. The van der Waals surface area contributed by atoms with Gasteiger partial charge in [0.05, 0.1) is 12.8 Å². The number of amides is 1. The second kappa shape index (κ2) is 7.17. The van der Waals surface area contributed by atoms with Crippen molar-refractivity contribution in [1.29, 1.82) is 0 Å². The summed E-state index contributed by atoms with van der Waals surface area (Å²) < 4.78 is 10.5. The van der Waals surface area contributed by atoms with Crippen molar-refractivity contribution >= 4 is 6.09 Å². The highest BCUT2D eigenvalue weighted by Gasteiger charge is 2.15. The minimum atomic E-state index is -0.494. The van der Waals surface area contributed by atoms with Crippen LogP contribution >= 0.6 is 0 Å². The summed E-state index contributed by atoms with van der Waals surface area (Å²) in [5.41, 5.74) is 1.25. The van der Waals surface area contributed by atoms with Crippen LogP contribution in [0.25, 0.3) is 11.3 Å². The van der Waals surface area contributed by atoms with Crippen LogP contribution in [0.4, 0.5) is 4.79 Å². The first-order valence-corrected chi connectivity index (χ1v) is 7.53. The number of methoxy groups -OCH3 is 1. The number of benzene rings is 1. The first-order valence-electron chi connectivity index (χ1n) is 7.53. The summed E-state index contributed by atoms with van der Waals surface area (Å²) in [6.07, 6.45) is 2.00. The fraction of sp³-hybridized carbons (Fsp3) is 0.412. The Morgan fingerprint density at radius 3 is 2.74 bits per heavy atom. The van der Waals surface area contributed by atoms with Gasteiger partial charge in [0, 0.05) is 24.7 Å². The summed E-state index contributed by atoms with van der Waals surface area (Å²) in [5, 5.41) is 2.71. The Bertz CT molecular complexity index is 659. The summed E-state index contributed by atoms with van der Waals surface area (Å²) in [6.45, 7) is 5.95. The molecule has 0 unspecified atom stereocenters. The van der Waals surface area contributed by atoms with Gasteiger partial charge in [-0.3, -0.25) is 0 Å². The maximum absolute atomic E-state index is 11.6. The number of para-hydroxylation sites is 1. The molecule has 6 nitrogen and oxygen atoms in total. The molecule has 0 saturated heterocycles. The van der Waals surface area contributed by atoms with Crippen LogP contribution < -0.4 is 10.1 Å². The van der Waals surface area contributed by atoms with Gasteiger partial charge in [-0.15, -0.1) is 0 Å². The molecule has 2 rings (SSSR count). The number of hydrogen-bond donors (Lipinski definition) is 2. The summed E-state index contributed by atoms with van der Waals surface area (Å²) in [4.78, 5) is 19.2. The molecule has 6 heteroatoms. The van der Waals surface area contributed by atoms with E-state index in [-0.39, 0.29) is 0 Å². The van der Waals surface area contributed by atoms with Crippen LogP contribution in [0.15, 0.2) is 30.5 Å². The van der Waals surface area contributed by atoms with E-state index in [1.54, 1.807) is 7.11 Å². The van der Waals surface area contributed by atoms with E-state index in [9.17, 15) is 4.79 Å². The lowest BCUT2D eigenvalue weighted by atomic mass is 10.1. The molecule has 0 aliphatic heterocycles. The Morgan fingerprint density at radius 1 is 1.30 bits per heavy atom. The number of nitrogens with zero attached hydrogens (tertiary/aromatic N) is 1. The van der Waals surface area contributed by atoms with Crippen LogP contribution in [0.1, 0.15) is 26.6 Å². The fourth-order valence-electron chi connectivity index (χ4n) is 2.08. The van der Waals surface area contributed by atoms with E-state index in [0.29, 0.717) is 13.0 Å². The number of carbonyl (C=O) groups is 1. The van der Waals surface area contributed by atoms with Gasteiger partial charge in [-0.2, -0.15) is 0 Å². The second-order valence-electron chi connectivity index (χ2n) is 6.11. The number of rotatable bonds is 5. The zero-order chi connectivity index (χ0) is 16.9. The van der Waals surface area contributed by atoms with Crippen LogP contribution in [0.3, 0.4) is 0 Å². The fourth-order valence-corrected chi connectivity index (χ4v) is 2.08. The highest BCUT2D eigenvalue weighted by atomic mass is 16.6. The molecule has 0 fully saturated rings. The van der Waals surface area contributed by atoms with E-state index in [1.165, 1.54) is 0 Å². The molecule has 0 aliphatic rings. The lowest BCUT2D eigenvalue weighted by molar-refractivity contribution is 0.0528. The standard InChI is InChI=1S/C17H23N3O3/c1-17(2,3)23-16(21)18-10-9-15-19-11-13(20-15)12-7-5-6-8-14(12)22-4/h5-8,11H,9-10H2,1-4H3,(H,18,21)(H,19,20). The first kappa shape index (κ1) is 16.9. The number of aromatic nitrogens is 2. The predicted octanol–water partition coefficient (Wildman–Crippen LogP) is 3.15. The van der Waals surface area contributed by atoms with Crippen LogP contribution in [0.5, 0.6) is 5.75 Å². The van der Waals surface area contributed by atoms with Crippen LogP contribution in [0, 0.1) is 0 Å². The molecular weight excluding hydrogens is 294 g/mol. The Labute approximate surface area is 136 Å². The first-order chi connectivity index (χ1) is 10.9. The molecule has 2 aromatic rings. The molecular formula is C17H23N3O3. The molecule has 0 atom stereocenters. The van der Waals surface area contributed by atoms with Gasteiger partial charge in [0.2, 0.25) is 0 Å². The molecule has 1 amide bonds. The van der Waals surface area contributed by atoms with Crippen molar-refractivity contribution in [1.82, 2.24) is 15.3 Å². The van der Waals surface area contributed by atoms with Crippen molar-refractivity contribution in [2.24, 2.45) is 0 Å². The zero-order valence-corrected chi connectivity index (χ0v) is 14.0. The van der Waals surface area contributed by atoms with Crippen molar-refractivity contribution in [2.75, 3.05) is 13.7 Å². The van der Waals surface area contributed by atoms with E-state index in [4.69, 9.17) is 9.47 Å². The Balaban J connectivity index is 1.92. The molecule has 0 saturated carbocycles. The summed E-state index contributed by atoms with van der Waals surface area (Å²) >= 11 is 0. The predicted molar refractivity (Wildman–Crippen MR) is 88.5 cm³/mol. The third kappa shape index (κ3) is 5.02. The summed E-state index contributed by atoms with van der Waals surface area (Å²) in [6, 6.07) is 7.71.